The smallest absolute Gasteiger partial charge is 0.294 e. The summed E-state index contributed by atoms with van der Waals surface area (Å²) in [5.41, 5.74) is 3.01. The van der Waals surface area contributed by atoms with E-state index in [9.17, 15) is 14.4 Å². The van der Waals surface area contributed by atoms with Crippen molar-refractivity contribution in [3.8, 4) is 5.75 Å². The Morgan fingerprint density at radius 2 is 1.73 bits per heavy atom. The van der Waals surface area contributed by atoms with Gasteiger partial charge in [-0.15, -0.1) is 0 Å². The predicted octanol–water partition coefficient (Wildman–Crippen LogP) is 6.23. The number of hydrogen-bond donors (Lipinski definition) is 1. The van der Waals surface area contributed by atoms with Gasteiger partial charge in [-0.2, -0.15) is 0 Å². The summed E-state index contributed by atoms with van der Waals surface area (Å²) in [6, 6.07) is 15.4. The number of rotatable bonds is 7. The fourth-order valence-electron chi connectivity index (χ4n) is 7.39. The van der Waals surface area contributed by atoms with E-state index in [1.165, 1.54) is 44.1 Å². The molecule has 0 aromatic heterocycles. The molecular weight excluding hydrogens is 484 g/mol. The third-order valence-corrected chi connectivity index (χ3v) is 9.39. The summed E-state index contributed by atoms with van der Waals surface area (Å²) in [5.74, 6) is 2.36. The van der Waals surface area contributed by atoms with E-state index in [2.05, 4.69) is 17.4 Å². The average Bonchev–Trinajstić information content (AvgIpc) is 3.12. The lowest BCUT2D eigenvalue weighted by molar-refractivity contribution is -0.127. The number of thioether (sulfide) groups is 1. The number of benzene rings is 2. The van der Waals surface area contributed by atoms with Crippen molar-refractivity contribution in [1.82, 2.24) is 4.90 Å². The van der Waals surface area contributed by atoms with Crippen molar-refractivity contribution < 1.29 is 19.1 Å². The Morgan fingerprint density at radius 3 is 2.38 bits per heavy atom. The molecule has 1 saturated heterocycles. The molecule has 7 rings (SSSR count). The van der Waals surface area contributed by atoms with Crippen LogP contribution in [0.15, 0.2) is 53.4 Å². The molecule has 4 bridgehead atoms. The van der Waals surface area contributed by atoms with Crippen LogP contribution in [0.3, 0.4) is 0 Å². The van der Waals surface area contributed by atoms with Gasteiger partial charge < -0.3 is 10.1 Å². The maximum atomic E-state index is 13.2. The lowest BCUT2D eigenvalue weighted by Gasteiger charge is -2.57. The number of amides is 3. The summed E-state index contributed by atoms with van der Waals surface area (Å²) in [5, 5.41) is 2.30. The van der Waals surface area contributed by atoms with Crippen molar-refractivity contribution in [2.45, 2.75) is 50.9 Å². The number of carbonyl (C=O) groups excluding carboxylic acids is 3. The molecule has 1 heterocycles. The van der Waals surface area contributed by atoms with Gasteiger partial charge in [-0.05, 0) is 116 Å². The number of carbonyl (C=O) groups is 3. The third-order valence-electron chi connectivity index (χ3n) is 8.48. The molecule has 0 spiro atoms. The molecule has 0 radical (unpaired) electrons. The first-order valence-corrected chi connectivity index (χ1v) is 14.1. The monoisotopic (exact) mass is 516 g/mol. The largest absolute Gasteiger partial charge is 0.493 e. The number of ether oxygens (including phenoxy) is 1. The highest BCUT2D eigenvalue weighted by Gasteiger charge is 2.51. The van der Waals surface area contributed by atoms with Crippen LogP contribution in [0.25, 0.3) is 6.08 Å². The molecule has 1 N–H and O–H groups in total. The van der Waals surface area contributed by atoms with E-state index in [1.54, 1.807) is 18.2 Å². The second-order valence-electron chi connectivity index (χ2n) is 11.1. The van der Waals surface area contributed by atoms with Gasteiger partial charge in [0, 0.05) is 11.3 Å². The zero-order valence-corrected chi connectivity index (χ0v) is 21.9. The van der Waals surface area contributed by atoms with E-state index in [0.717, 1.165) is 40.0 Å². The van der Waals surface area contributed by atoms with Crippen molar-refractivity contribution in [2.24, 2.45) is 17.8 Å². The van der Waals surface area contributed by atoms with Crippen molar-refractivity contribution >= 4 is 40.6 Å². The van der Waals surface area contributed by atoms with Crippen LogP contribution >= 0.6 is 11.8 Å². The van der Waals surface area contributed by atoms with Crippen LogP contribution in [0.2, 0.25) is 0 Å². The third kappa shape index (κ3) is 4.70. The molecule has 0 unspecified atom stereocenters. The molecule has 192 valence electrons. The Labute approximate surface area is 221 Å². The van der Waals surface area contributed by atoms with E-state index in [1.807, 2.05) is 31.2 Å². The summed E-state index contributed by atoms with van der Waals surface area (Å²) in [4.78, 5) is 39.7. The Kier molecular flexibility index (Phi) is 6.35. The van der Waals surface area contributed by atoms with Gasteiger partial charge in [0.25, 0.3) is 11.1 Å². The van der Waals surface area contributed by atoms with Crippen LogP contribution in [0.1, 0.15) is 56.6 Å². The van der Waals surface area contributed by atoms with Crippen molar-refractivity contribution in [3.05, 3.63) is 64.6 Å². The summed E-state index contributed by atoms with van der Waals surface area (Å²) in [6.07, 6.45) is 9.67. The summed E-state index contributed by atoms with van der Waals surface area (Å²) >= 11 is 0.880. The van der Waals surface area contributed by atoms with Crippen LogP contribution in [-0.4, -0.2) is 35.1 Å². The minimum atomic E-state index is -0.444. The van der Waals surface area contributed by atoms with Crippen molar-refractivity contribution in [2.75, 3.05) is 18.5 Å². The number of nitrogens with zero attached hydrogens (tertiary/aromatic N) is 1. The zero-order chi connectivity index (χ0) is 25.6. The summed E-state index contributed by atoms with van der Waals surface area (Å²) in [6.45, 7) is 2.14. The number of para-hydroxylation sites is 1. The molecule has 4 saturated carbocycles. The van der Waals surface area contributed by atoms with Gasteiger partial charge >= 0.3 is 0 Å². The topological polar surface area (TPSA) is 75.7 Å². The van der Waals surface area contributed by atoms with Gasteiger partial charge in [0.1, 0.15) is 12.3 Å². The van der Waals surface area contributed by atoms with Crippen LogP contribution in [-0.2, 0) is 15.0 Å². The highest BCUT2D eigenvalue weighted by molar-refractivity contribution is 8.18. The standard InChI is InChI=1S/C30H32N2O4S/c1-2-36-25-9-8-23(30-15-19-10-20(16-30)12-21(11-19)17-30)13-22(25)14-26-28(34)32(29(35)37-26)18-27(33)31-24-6-4-3-5-7-24/h3-9,13-14,19-21H,2,10-12,15-18H2,1H3,(H,31,33)/b26-14-. The highest BCUT2D eigenvalue weighted by Crippen LogP contribution is 2.61. The average molecular weight is 517 g/mol. The zero-order valence-electron chi connectivity index (χ0n) is 21.1. The molecule has 3 amide bonds. The molecule has 6 nitrogen and oxygen atoms in total. The van der Waals surface area contributed by atoms with E-state index < -0.39 is 17.1 Å². The van der Waals surface area contributed by atoms with Gasteiger partial charge in [0.15, 0.2) is 0 Å². The van der Waals surface area contributed by atoms with Crippen molar-refractivity contribution in [1.29, 1.82) is 0 Å². The number of imide groups is 1. The first kappa shape index (κ1) is 24.3. The Bertz CT molecular complexity index is 1240. The van der Waals surface area contributed by atoms with E-state index in [-0.39, 0.29) is 12.0 Å². The van der Waals surface area contributed by atoms with Gasteiger partial charge in [-0.25, -0.2) is 0 Å². The van der Waals surface area contributed by atoms with E-state index >= 15 is 0 Å². The predicted molar refractivity (Wildman–Crippen MR) is 145 cm³/mol. The van der Waals surface area contributed by atoms with E-state index in [0.29, 0.717) is 22.9 Å². The van der Waals surface area contributed by atoms with Gasteiger partial charge in [-0.1, -0.05) is 24.3 Å². The fourth-order valence-corrected chi connectivity index (χ4v) is 8.21. The van der Waals surface area contributed by atoms with Crippen LogP contribution in [0.4, 0.5) is 10.5 Å². The molecule has 37 heavy (non-hydrogen) atoms. The van der Waals surface area contributed by atoms with E-state index in [4.69, 9.17) is 4.74 Å². The summed E-state index contributed by atoms with van der Waals surface area (Å²) < 4.78 is 5.91. The number of anilines is 1. The van der Waals surface area contributed by atoms with Gasteiger partial charge in [0.05, 0.1) is 11.5 Å². The molecule has 7 heteroatoms. The summed E-state index contributed by atoms with van der Waals surface area (Å²) in [7, 11) is 0. The number of nitrogens with one attached hydrogen (secondary N) is 1. The van der Waals surface area contributed by atoms with Gasteiger partial charge in [-0.3, -0.25) is 19.3 Å². The first-order valence-electron chi connectivity index (χ1n) is 13.3. The lowest BCUT2D eigenvalue weighted by atomic mass is 9.48. The van der Waals surface area contributed by atoms with Crippen LogP contribution < -0.4 is 10.1 Å². The molecule has 4 aliphatic carbocycles. The maximum Gasteiger partial charge on any atom is 0.294 e. The second-order valence-corrected chi connectivity index (χ2v) is 12.1. The lowest BCUT2D eigenvalue weighted by Crippen LogP contribution is -2.48. The van der Waals surface area contributed by atoms with Crippen LogP contribution in [0.5, 0.6) is 5.75 Å². The molecular formula is C30H32N2O4S. The quantitative estimate of drug-likeness (QED) is 0.442. The number of hydrogen-bond acceptors (Lipinski definition) is 5. The van der Waals surface area contributed by atoms with Crippen LogP contribution in [0, 0.1) is 17.8 Å². The molecule has 1 aliphatic heterocycles. The fraction of sp³-hybridized carbons (Fsp3) is 0.433. The Hall–Kier alpha value is -3.06. The van der Waals surface area contributed by atoms with Crippen molar-refractivity contribution in [3.63, 3.8) is 0 Å². The Balaban J connectivity index is 1.25. The minimum absolute atomic E-state index is 0.219. The Morgan fingerprint density at radius 1 is 1.05 bits per heavy atom. The maximum absolute atomic E-state index is 13.2. The SMILES string of the molecule is CCOc1ccc(C23CC4CC(CC(C4)C2)C3)cc1/C=C1\SC(=O)N(CC(=O)Nc2ccccc2)C1=O. The molecule has 2 aromatic rings. The molecule has 5 aliphatic rings. The minimum Gasteiger partial charge on any atom is -0.493 e. The first-order chi connectivity index (χ1) is 17.9. The molecule has 5 fully saturated rings. The highest BCUT2D eigenvalue weighted by atomic mass is 32.2. The normalized spacial score (nSPS) is 29.3. The second kappa shape index (κ2) is 9.67. The molecule has 2 aromatic carbocycles. The van der Waals surface area contributed by atoms with Gasteiger partial charge in [0.2, 0.25) is 5.91 Å². The molecule has 0 atom stereocenters.